The van der Waals surface area contributed by atoms with Gasteiger partial charge in [-0.25, -0.2) is 4.79 Å². The second kappa shape index (κ2) is 8.38. The third-order valence-corrected chi connectivity index (χ3v) is 3.94. The number of nitrogens with zero attached hydrogens (tertiary/aromatic N) is 1. The van der Waals surface area contributed by atoms with E-state index in [1.165, 1.54) is 4.67 Å². The molecule has 81 valence electrons. The molecule has 1 heterocycles. The Morgan fingerprint density at radius 1 is 1.64 bits per heavy atom. The van der Waals surface area contributed by atoms with Gasteiger partial charge in [-0.3, -0.25) is 4.79 Å². The summed E-state index contributed by atoms with van der Waals surface area (Å²) in [6.45, 7) is 0. The molecule has 0 aromatic heterocycles. The van der Waals surface area contributed by atoms with E-state index in [4.69, 9.17) is 5.11 Å². The fraction of sp³-hybridized carbons (Fsp3) is 0.500. The molecule has 3 unspecified atom stereocenters. The van der Waals surface area contributed by atoms with Crippen LogP contribution in [0.15, 0.2) is 0 Å². The number of rotatable bonds is 2. The van der Waals surface area contributed by atoms with Gasteiger partial charge in [0, 0.05) is 7.45 Å². The molecule has 0 spiro atoms. The standard InChI is InChI=1S/C4H8NO3P3.2HI.V/c6-3-1-2(4(7)8)5(3)11(9)10;;;/h2H,1,9-10H2,(H,7,8);2*1H;/q;;;+2/p-2. The average Bonchev–Trinajstić information content (AvgIpc) is 1.99. The van der Waals surface area contributed by atoms with Gasteiger partial charge in [0.1, 0.15) is 6.04 Å². The second-order valence-corrected chi connectivity index (χ2v) is 20.2. The van der Waals surface area contributed by atoms with Crippen molar-refractivity contribution >= 4 is 77.1 Å². The van der Waals surface area contributed by atoms with Gasteiger partial charge in [-0.2, -0.15) is 0 Å². The molecule has 4 nitrogen and oxygen atoms in total. The Kier molecular flexibility index (Phi) is 9.74. The van der Waals surface area contributed by atoms with Gasteiger partial charge in [0.05, 0.1) is 6.42 Å². The van der Waals surface area contributed by atoms with Crippen LogP contribution < -0.4 is 0 Å². The fourth-order valence-electron chi connectivity index (χ4n) is 0.888. The molecule has 1 rings (SSSR count). The summed E-state index contributed by atoms with van der Waals surface area (Å²) in [5.41, 5.74) is 0. The van der Waals surface area contributed by atoms with Gasteiger partial charge in [0.25, 0.3) is 0 Å². The molecule has 1 N–H and O–H groups in total. The number of amides is 1. The van der Waals surface area contributed by atoms with Crippen LogP contribution in [0.3, 0.4) is 0 Å². The van der Waals surface area contributed by atoms with Crippen molar-refractivity contribution < 1.29 is 24.2 Å². The minimum absolute atomic E-state index is 0.0755. The molecule has 1 fully saturated rings. The van der Waals surface area contributed by atoms with E-state index in [-0.39, 0.29) is 12.3 Å². The van der Waals surface area contributed by atoms with Crippen LogP contribution in [0.5, 0.6) is 0 Å². The Hall–Kier alpha value is 2.27. The molecule has 1 amide bonds. The van der Waals surface area contributed by atoms with E-state index in [0.717, 1.165) is 0 Å². The molecular formula is C4H8I2NO3P3V. The Balaban J connectivity index is 0.000000500. The Bertz CT molecular complexity index is 232. The van der Waals surface area contributed by atoms with Crippen molar-refractivity contribution in [3.05, 3.63) is 0 Å². The molecule has 0 bridgehead atoms. The number of hydrogen-bond acceptors (Lipinski definition) is 2. The number of carbonyl (C=O) groups is 2. The van der Waals surface area contributed by atoms with Crippen molar-refractivity contribution in [3.63, 3.8) is 0 Å². The van der Waals surface area contributed by atoms with E-state index in [1.54, 1.807) is 0 Å². The maximum atomic E-state index is 10.8. The average molecular weight is 516 g/mol. The first-order valence-electron chi connectivity index (χ1n) is 3.22. The SMILES string of the molecule is O=C(O)C1CC(=O)N1P(P)P.[I][V][I]. The summed E-state index contributed by atoms with van der Waals surface area (Å²) in [5, 5.41) is 8.57. The molecular weight excluding hydrogens is 508 g/mol. The van der Waals surface area contributed by atoms with Crippen molar-refractivity contribution in [3.8, 4) is 0 Å². The molecule has 3 atom stereocenters. The number of carboxylic acids is 1. The predicted molar refractivity (Wildman–Crippen MR) is 77.3 cm³/mol. The van der Waals surface area contributed by atoms with Gasteiger partial charge in [-0.15, -0.1) is 0 Å². The van der Waals surface area contributed by atoms with Crippen LogP contribution in [0, 0.1) is 0 Å². The molecule has 0 saturated carbocycles. The zero-order valence-corrected chi connectivity index (χ0v) is 15.7. The van der Waals surface area contributed by atoms with Gasteiger partial charge in [0.15, 0.2) is 0 Å². The summed E-state index contributed by atoms with van der Waals surface area (Å²) >= 11 is 4.74. The summed E-state index contributed by atoms with van der Waals surface area (Å²) < 4.78 is 1.38. The third-order valence-electron chi connectivity index (χ3n) is 1.45. The number of carboxylic acid groups (broad SMARTS) is 1. The summed E-state index contributed by atoms with van der Waals surface area (Å²) in [4.78, 5) is 21.3. The van der Waals surface area contributed by atoms with E-state index in [2.05, 4.69) is 57.8 Å². The van der Waals surface area contributed by atoms with Crippen LogP contribution in [0.1, 0.15) is 6.42 Å². The Morgan fingerprint density at radius 2 is 2.07 bits per heavy atom. The normalized spacial score (nSPS) is 19.6. The van der Waals surface area contributed by atoms with Crippen LogP contribution in [0.2, 0.25) is 0 Å². The van der Waals surface area contributed by atoms with Crippen molar-refractivity contribution in [2.24, 2.45) is 0 Å². The van der Waals surface area contributed by atoms with Gasteiger partial charge in [-0.05, 0) is 0 Å². The van der Waals surface area contributed by atoms with Gasteiger partial charge < -0.3 is 9.78 Å². The molecule has 0 radical (unpaired) electrons. The van der Waals surface area contributed by atoms with Crippen molar-refractivity contribution in [1.29, 1.82) is 0 Å². The first-order chi connectivity index (χ1) is 6.45. The Morgan fingerprint density at radius 3 is 2.21 bits per heavy atom. The molecule has 14 heavy (non-hydrogen) atoms. The van der Waals surface area contributed by atoms with Crippen molar-refractivity contribution in [2.45, 2.75) is 12.5 Å². The van der Waals surface area contributed by atoms with E-state index in [9.17, 15) is 9.59 Å². The van der Waals surface area contributed by atoms with Crippen molar-refractivity contribution in [2.75, 3.05) is 0 Å². The summed E-state index contributed by atoms with van der Waals surface area (Å²) in [6, 6.07) is -0.594. The predicted octanol–water partition coefficient (Wildman–Crippen LogP) is 2.42. The van der Waals surface area contributed by atoms with Crippen LogP contribution in [0.25, 0.3) is 0 Å². The summed E-state index contributed by atoms with van der Waals surface area (Å²) in [5.74, 6) is -0.990. The van der Waals surface area contributed by atoms with Crippen LogP contribution in [-0.4, -0.2) is 27.7 Å². The first kappa shape index (κ1) is 16.3. The zero-order chi connectivity index (χ0) is 11.3. The second-order valence-electron chi connectivity index (χ2n) is 2.24. The quantitative estimate of drug-likeness (QED) is 0.349. The first-order valence-corrected chi connectivity index (χ1v) is 16.8. The van der Waals surface area contributed by atoms with Crippen LogP contribution >= 0.6 is 65.3 Å². The number of halogens is 2. The summed E-state index contributed by atoms with van der Waals surface area (Å²) in [7, 11) is 4.74. The van der Waals surface area contributed by atoms with E-state index >= 15 is 0 Å². The summed E-state index contributed by atoms with van der Waals surface area (Å²) in [6.07, 6.45) is 0.150. The third kappa shape index (κ3) is 5.07. The van der Waals surface area contributed by atoms with Crippen LogP contribution in [-0.2, 0) is 19.1 Å². The molecule has 0 aromatic rings. The molecule has 0 aromatic carbocycles. The van der Waals surface area contributed by atoms with E-state index < -0.39 is 19.5 Å². The molecule has 1 saturated heterocycles. The number of hydrogen-bond donors (Lipinski definition) is 1. The fourth-order valence-corrected chi connectivity index (χ4v) is 3.47. The minimum atomic E-state index is -0.915. The zero-order valence-electron chi connectivity index (χ0n) is 6.80. The van der Waals surface area contributed by atoms with Crippen molar-refractivity contribution in [1.82, 2.24) is 4.67 Å². The maximum absolute atomic E-state index is 10.8. The number of carbonyl (C=O) groups excluding carboxylic acids is 1. The topological polar surface area (TPSA) is 57.6 Å². The van der Waals surface area contributed by atoms with E-state index in [1.807, 2.05) is 0 Å². The number of aliphatic carboxylic acids is 1. The molecule has 0 aliphatic carbocycles. The monoisotopic (exact) mass is 516 g/mol. The van der Waals surface area contributed by atoms with Crippen LogP contribution in [0.4, 0.5) is 0 Å². The van der Waals surface area contributed by atoms with Gasteiger partial charge in [-0.1, -0.05) is 17.9 Å². The number of β-lactam (4-membered cyclic amide) rings is 1. The molecule has 1 aliphatic heterocycles. The van der Waals surface area contributed by atoms with Gasteiger partial charge in [0.2, 0.25) is 5.91 Å². The van der Waals surface area contributed by atoms with Gasteiger partial charge >= 0.3 is 55.4 Å². The molecule has 10 heteroatoms. The van der Waals surface area contributed by atoms with E-state index in [0.29, 0.717) is 9.47 Å². The molecule has 1 aliphatic rings. The Labute approximate surface area is 117 Å².